The molecular weight excluding hydrogens is 1220 g/mol. The zero-order valence-electron chi connectivity index (χ0n) is 63.0. The Kier molecular flexibility index (Phi) is 37.0. The Balaban J connectivity index is 4.62. The molecule has 0 spiro atoms. The van der Waals surface area contributed by atoms with Gasteiger partial charge in [0.1, 0.15) is 60.6 Å². The van der Waals surface area contributed by atoms with E-state index in [0.717, 1.165) is 35.5 Å². The fourth-order valence-corrected chi connectivity index (χ4v) is 12.0. The first-order chi connectivity index (χ1) is 44.0. The van der Waals surface area contributed by atoms with Gasteiger partial charge in [-0.15, -0.1) is 0 Å². The van der Waals surface area contributed by atoms with Crippen LogP contribution in [0, 0.1) is 41.4 Å². The number of ether oxygens (including phenoxy) is 1. The minimum absolute atomic E-state index is 0.0130. The number of unbranched alkanes of at least 4 members (excludes halogenated alkanes) is 3. The summed E-state index contributed by atoms with van der Waals surface area (Å²) in [6.45, 7) is 33.5. The van der Waals surface area contributed by atoms with Gasteiger partial charge in [-0.3, -0.25) is 58.1 Å². The quantitative estimate of drug-likeness (QED) is 0.0439. The molecule has 1 rings (SSSR count). The van der Waals surface area contributed by atoms with E-state index in [1.165, 1.54) is 87.7 Å². The molecule has 0 aliphatic carbocycles. The molecule has 0 aromatic heterocycles. The molecule has 1 fully saturated rings. The number of likely N-dealkylation sites (N-methyl/N-ethyl adjacent to an activating group) is 7. The van der Waals surface area contributed by atoms with Crippen LogP contribution in [0.25, 0.3) is 0 Å². The molecule has 13 atom stereocenters. The van der Waals surface area contributed by atoms with E-state index in [4.69, 9.17) is 4.74 Å². The summed E-state index contributed by atoms with van der Waals surface area (Å²) in [5.74, 6) is -10.7. The number of rotatable bonds is 23. The van der Waals surface area contributed by atoms with Gasteiger partial charge in [-0.05, 0) is 115 Å². The Bertz CT molecular complexity index is 2560. The standard InChI is InChI=1S/C70H128N12O13/c1-27-30-32-33-35-71-50(19)95-70(46(14)15)69(94)81(25)58(59(84)47(16)34-31-28-2)63(88)74-51(29-3)65(90)76(20)40-56(83)77(21)52(36-41(4)5)62(87)75-57(45(12)13)68(93)78(22)53(37-42(6)7)61(86)72-48(17)60(85)73-49(18)64(89)79(23)54(38-43(8)9)66(91)80(24)55(39-44(10)11)67(92)82(70)26/h28,31,41-55,57-59,71,84H,27,29-30,32-40H2,1-26H3,(H,72,86)(H,73,85)(H,74,88)(H,75,87)/b31-28+/t47-,48+,49-,50?,51+,52+,53+,54+,55+,57+,58+,59-,70+/m1/s1. The minimum atomic E-state index is -2.29. The van der Waals surface area contributed by atoms with Gasteiger partial charge in [-0.1, -0.05) is 135 Å². The van der Waals surface area contributed by atoms with Crippen LogP contribution in [0.3, 0.4) is 0 Å². The summed E-state index contributed by atoms with van der Waals surface area (Å²) in [7, 11) is 9.85. The molecule has 11 amide bonds. The molecule has 1 unspecified atom stereocenters. The topological polar surface area (TPSA) is 300 Å². The molecule has 6 N–H and O–H groups in total. The Morgan fingerprint density at radius 3 is 1.51 bits per heavy atom. The van der Waals surface area contributed by atoms with Crippen LogP contribution in [0.2, 0.25) is 0 Å². The number of hydrogen-bond donors (Lipinski definition) is 6. The van der Waals surface area contributed by atoms with Crippen molar-refractivity contribution >= 4 is 65.0 Å². The summed E-state index contributed by atoms with van der Waals surface area (Å²) < 4.78 is 6.94. The highest BCUT2D eigenvalue weighted by Gasteiger charge is 2.56. The third-order valence-electron chi connectivity index (χ3n) is 18.1. The van der Waals surface area contributed by atoms with Gasteiger partial charge in [0.2, 0.25) is 64.8 Å². The summed E-state index contributed by atoms with van der Waals surface area (Å²) in [6.07, 6.45) is 5.47. The highest BCUT2D eigenvalue weighted by atomic mass is 16.5. The van der Waals surface area contributed by atoms with E-state index in [0.29, 0.717) is 6.54 Å². The summed E-state index contributed by atoms with van der Waals surface area (Å²) in [5.41, 5.74) is -2.29. The van der Waals surface area contributed by atoms with Crippen molar-refractivity contribution < 1.29 is 62.6 Å². The minimum Gasteiger partial charge on any atom is -0.390 e. The number of carbonyl (C=O) groups excluding carboxylic acids is 11. The van der Waals surface area contributed by atoms with Crippen molar-refractivity contribution in [3.63, 3.8) is 0 Å². The van der Waals surface area contributed by atoms with Crippen molar-refractivity contribution in [2.45, 2.75) is 268 Å². The van der Waals surface area contributed by atoms with Crippen LogP contribution in [0.4, 0.5) is 0 Å². The fourth-order valence-electron chi connectivity index (χ4n) is 12.0. The lowest BCUT2D eigenvalue weighted by Gasteiger charge is -2.49. The molecule has 1 aliphatic heterocycles. The van der Waals surface area contributed by atoms with Gasteiger partial charge in [0.15, 0.2) is 0 Å². The first-order valence-electron chi connectivity index (χ1n) is 34.8. The SMILES string of the molecule is C/C=C/C[C@@H](C)[C@@H](O)[C@H]1C(=O)N[C@@H](CC)C(=O)N(C)CC(=O)N(C)[C@@H](CC(C)C)C(=O)N[C@@H](C(C)C)C(=O)N(C)[C@@H](CC(C)C)C(=O)N[C@@H](C)C(=O)N[C@H](C)C(=O)N(C)[C@@H](CC(C)C)C(=O)N(C)[C@@H](CC(C)C)C(=O)N(C)[C@](OC(C)NCCCCCC)(C(C)C)C(=O)N1C. The van der Waals surface area contributed by atoms with E-state index in [2.05, 4.69) is 33.5 Å². The number of nitrogens with zero attached hydrogens (tertiary/aromatic N) is 7. The van der Waals surface area contributed by atoms with Crippen LogP contribution in [0.1, 0.15) is 196 Å². The maximum atomic E-state index is 16.2. The first-order valence-corrected chi connectivity index (χ1v) is 34.8. The molecule has 1 saturated heterocycles. The smallest absolute Gasteiger partial charge is 0.277 e. The third kappa shape index (κ3) is 24.7. The average molecular weight is 1350 g/mol. The van der Waals surface area contributed by atoms with E-state index < -0.39 is 162 Å². The lowest BCUT2D eigenvalue weighted by molar-refractivity contribution is -0.222. The molecule has 1 aliphatic rings. The second kappa shape index (κ2) is 40.5. The number of allylic oxidation sites excluding steroid dienone is 2. The number of carbonyl (C=O) groups is 11. The Morgan fingerprint density at radius 1 is 0.547 bits per heavy atom. The molecule has 0 bridgehead atoms. The summed E-state index contributed by atoms with van der Waals surface area (Å²) in [4.78, 5) is 172. The van der Waals surface area contributed by atoms with Crippen molar-refractivity contribution in [2.24, 2.45) is 41.4 Å². The summed E-state index contributed by atoms with van der Waals surface area (Å²) >= 11 is 0. The van der Waals surface area contributed by atoms with E-state index in [-0.39, 0.29) is 62.2 Å². The van der Waals surface area contributed by atoms with Gasteiger partial charge in [0.25, 0.3) is 5.91 Å². The van der Waals surface area contributed by atoms with E-state index in [1.54, 1.807) is 67.5 Å². The molecule has 25 heteroatoms. The van der Waals surface area contributed by atoms with Gasteiger partial charge in [-0.2, -0.15) is 0 Å². The van der Waals surface area contributed by atoms with Gasteiger partial charge in [0.05, 0.1) is 12.6 Å². The number of nitrogens with one attached hydrogen (secondary N) is 5. The molecular formula is C70H128N12O13. The predicted octanol–water partition coefficient (Wildman–Crippen LogP) is 5.13. The second-order valence-electron chi connectivity index (χ2n) is 28.9. The van der Waals surface area contributed by atoms with Gasteiger partial charge >= 0.3 is 0 Å². The third-order valence-corrected chi connectivity index (χ3v) is 18.1. The molecule has 0 aromatic carbocycles. The predicted molar refractivity (Wildman–Crippen MR) is 370 cm³/mol. The molecule has 95 heavy (non-hydrogen) atoms. The fraction of sp³-hybridized carbons (Fsp3) is 0.814. The van der Waals surface area contributed by atoms with Crippen LogP contribution < -0.4 is 26.6 Å². The Hall–Kier alpha value is -6.21. The van der Waals surface area contributed by atoms with Crippen molar-refractivity contribution in [1.29, 1.82) is 0 Å². The van der Waals surface area contributed by atoms with Crippen LogP contribution in [0.15, 0.2) is 12.2 Å². The number of hydrogen-bond acceptors (Lipinski definition) is 14. The molecule has 0 aromatic rings. The van der Waals surface area contributed by atoms with Crippen LogP contribution in [0.5, 0.6) is 0 Å². The molecule has 0 saturated carbocycles. The van der Waals surface area contributed by atoms with Crippen molar-refractivity contribution in [3.05, 3.63) is 12.2 Å². The highest BCUT2D eigenvalue weighted by molar-refractivity contribution is 6.00. The molecule has 25 nitrogen and oxygen atoms in total. The van der Waals surface area contributed by atoms with Crippen molar-refractivity contribution in [1.82, 2.24) is 60.9 Å². The normalized spacial score (nSPS) is 26.5. The van der Waals surface area contributed by atoms with Crippen LogP contribution in [-0.4, -0.2) is 239 Å². The molecule has 1 heterocycles. The highest BCUT2D eigenvalue weighted by Crippen LogP contribution is 2.34. The maximum Gasteiger partial charge on any atom is 0.277 e. The number of aliphatic hydroxyl groups is 1. The lowest BCUT2D eigenvalue weighted by atomic mass is 9.89. The van der Waals surface area contributed by atoms with E-state index in [1.807, 2.05) is 55.4 Å². The van der Waals surface area contributed by atoms with Gasteiger partial charge < -0.3 is 65.4 Å². The number of amides is 11. The van der Waals surface area contributed by atoms with E-state index >= 15 is 19.2 Å². The lowest BCUT2D eigenvalue weighted by Crippen LogP contribution is -2.71. The van der Waals surface area contributed by atoms with Gasteiger partial charge in [-0.25, -0.2) is 0 Å². The summed E-state index contributed by atoms with van der Waals surface area (Å²) in [6, 6.07) is -11.6. The van der Waals surface area contributed by atoms with Crippen LogP contribution >= 0.6 is 0 Å². The summed E-state index contributed by atoms with van der Waals surface area (Å²) in [5, 5.41) is 26.9. The first kappa shape index (κ1) is 86.8. The average Bonchev–Trinajstić information content (AvgIpc) is 0.757. The monoisotopic (exact) mass is 1340 g/mol. The maximum absolute atomic E-state index is 16.2. The Morgan fingerprint density at radius 2 is 1.02 bits per heavy atom. The Labute approximate surface area is 570 Å². The van der Waals surface area contributed by atoms with Crippen LogP contribution in [-0.2, 0) is 57.5 Å². The second-order valence-corrected chi connectivity index (χ2v) is 28.9. The molecule has 0 radical (unpaired) electrons. The van der Waals surface area contributed by atoms with E-state index in [9.17, 15) is 38.7 Å². The zero-order valence-corrected chi connectivity index (χ0v) is 63.0. The zero-order chi connectivity index (χ0) is 73.4. The van der Waals surface area contributed by atoms with Crippen molar-refractivity contribution in [3.8, 4) is 0 Å². The number of aliphatic hydroxyl groups excluding tert-OH is 1. The largest absolute Gasteiger partial charge is 0.390 e. The molecule has 546 valence electrons. The van der Waals surface area contributed by atoms with Crippen molar-refractivity contribution in [2.75, 3.05) is 62.4 Å². The van der Waals surface area contributed by atoms with Gasteiger partial charge in [0, 0.05) is 55.3 Å².